The van der Waals surface area contributed by atoms with E-state index in [-0.39, 0.29) is 42.7 Å². The second-order valence-electron chi connectivity index (χ2n) is 7.91. The molecule has 1 aromatic rings. The normalized spacial score (nSPS) is 17.6. The zero-order valence-electron chi connectivity index (χ0n) is 18.0. The number of rotatable bonds is 11. The van der Waals surface area contributed by atoms with Crippen molar-refractivity contribution < 1.29 is 33.9 Å². The van der Waals surface area contributed by atoms with Gasteiger partial charge in [0.15, 0.2) is 0 Å². The average molecular weight is 458 g/mol. The quantitative estimate of drug-likeness (QED) is 0.277. The Labute approximate surface area is 189 Å². The highest BCUT2D eigenvalue weighted by atomic mass is 16.4. The summed E-state index contributed by atoms with van der Waals surface area (Å²) in [4.78, 5) is 72.3. The van der Waals surface area contributed by atoms with Gasteiger partial charge in [-0.15, -0.1) is 0 Å². The van der Waals surface area contributed by atoms with Crippen LogP contribution in [0.1, 0.15) is 65.7 Å². The molecule has 11 nitrogen and oxygen atoms in total. The number of imide groups is 2. The number of carbonyl (C=O) groups excluding carboxylic acids is 5. The van der Waals surface area contributed by atoms with E-state index in [0.29, 0.717) is 25.2 Å². The summed E-state index contributed by atoms with van der Waals surface area (Å²) in [6.45, 7) is 0.983. The van der Waals surface area contributed by atoms with Crippen LogP contribution < -0.4 is 16.0 Å². The third kappa shape index (κ3) is 5.73. The van der Waals surface area contributed by atoms with Crippen LogP contribution >= 0.6 is 0 Å². The zero-order valence-corrected chi connectivity index (χ0v) is 18.0. The molecule has 2 aliphatic rings. The van der Waals surface area contributed by atoms with E-state index >= 15 is 0 Å². The minimum absolute atomic E-state index is 0.0431. The van der Waals surface area contributed by atoms with Gasteiger partial charge in [-0.1, -0.05) is 6.07 Å². The molecule has 1 fully saturated rings. The van der Waals surface area contributed by atoms with Crippen LogP contribution in [-0.4, -0.2) is 64.6 Å². The molecular weight excluding hydrogens is 432 g/mol. The Bertz CT molecular complexity index is 991. The molecule has 5 amide bonds. The van der Waals surface area contributed by atoms with Crippen LogP contribution in [0.15, 0.2) is 18.2 Å². The standard InChI is InChI=1S/C22H26N4O7/c27-16(9-10-18(29)30)24-12-3-1-2-11-23-14-6-4-5-13-19(14)22(33)26(21(13)32)15-7-8-17(28)25-20(15)31/h4-6,15,23H,1-3,7-12H2,(H,24,27)(H,29,30)(H,25,28,31). The summed E-state index contributed by atoms with van der Waals surface area (Å²) in [5.74, 6) is -3.48. The molecule has 4 N–H and O–H groups in total. The van der Waals surface area contributed by atoms with Gasteiger partial charge in [-0.3, -0.25) is 39.0 Å². The van der Waals surface area contributed by atoms with E-state index in [1.807, 2.05) is 0 Å². The number of nitrogens with one attached hydrogen (secondary N) is 3. The first kappa shape index (κ1) is 23.9. The summed E-state index contributed by atoms with van der Waals surface area (Å²) in [5, 5.41) is 16.6. The molecule has 1 unspecified atom stereocenters. The summed E-state index contributed by atoms with van der Waals surface area (Å²) in [7, 11) is 0. The number of fused-ring (bicyclic) bond motifs is 1. The van der Waals surface area contributed by atoms with Crippen molar-refractivity contribution in [3.05, 3.63) is 29.3 Å². The number of carbonyl (C=O) groups is 6. The molecule has 0 saturated carbocycles. The van der Waals surface area contributed by atoms with E-state index in [2.05, 4.69) is 16.0 Å². The number of anilines is 1. The first-order chi connectivity index (χ1) is 15.8. The van der Waals surface area contributed by atoms with Crippen LogP contribution in [-0.2, 0) is 19.2 Å². The monoisotopic (exact) mass is 458 g/mol. The molecule has 176 valence electrons. The Morgan fingerprint density at radius 1 is 1.03 bits per heavy atom. The van der Waals surface area contributed by atoms with E-state index in [1.165, 1.54) is 0 Å². The maximum Gasteiger partial charge on any atom is 0.303 e. The predicted molar refractivity (Wildman–Crippen MR) is 115 cm³/mol. The van der Waals surface area contributed by atoms with Gasteiger partial charge < -0.3 is 15.7 Å². The number of benzene rings is 1. The van der Waals surface area contributed by atoms with Crippen molar-refractivity contribution in [3.63, 3.8) is 0 Å². The van der Waals surface area contributed by atoms with Gasteiger partial charge in [0.1, 0.15) is 6.04 Å². The fourth-order valence-electron chi connectivity index (χ4n) is 3.85. The van der Waals surface area contributed by atoms with Crippen molar-refractivity contribution in [2.45, 2.75) is 51.0 Å². The molecule has 0 aromatic heterocycles. The molecule has 0 bridgehead atoms. The molecule has 0 radical (unpaired) electrons. The van der Waals surface area contributed by atoms with Crippen molar-refractivity contribution in [1.29, 1.82) is 0 Å². The van der Waals surface area contributed by atoms with Gasteiger partial charge >= 0.3 is 5.97 Å². The fourth-order valence-corrected chi connectivity index (χ4v) is 3.85. The maximum absolute atomic E-state index is 13.0. The number of carboxylic acids is 1. The van der Waals surface area contributed by atoms with E-state index in [9.17, 15) is 28.8 Å². The average Bonchev–Trinajstić information content (AvgIpc) is 3.02. The Morgan fingerprint density at radius 2 is 1.79 bits per heavy atom. The molecule has 1 aromatic carbocycles. The third-order valence-electron chi connectivity index (χ3n) is 5.53. The molecule has 1 saturated heterocycles. The minimum Gasteiger partial charge on any atom is -0.481 e. The molecule has 11 heteroatoms. The number of hydrogen-bond acceptors (Lipinski definition) is 7. The molecule has 3 rings (SSSR count). The number of amides is 5. The first-order valence-corrected chi connectivity index (χ1v) is 10.9. The van der Waals surface area contributed by atoms with Crippen LogP contribution in [0.2, 0.25) is 0 Å². The van der Waals surface area contributed by atoms with Gasteiger partial charge in [-0.05, 0) is 37.8 Å². The highest BCUT2D eigenvalue weighted by Crippen LogP contribution is 2.32. The second-order valence-corrected chi connectivity index (χ2v) is 7.91. The molecular formula is C22H26N4O7. The van der Waals surface area contributed by atoms with Crippen molar-refractivity contribution >= 4 is 41.2 Å². The van der Waals surface area contributed by atoms with Gasteiger partial charge in [-0.2, -0.15) is 0 Å². The van der Waals surface area contributed by atoms with Crippen molar-refractivity contribution in [2.75, 3.05) is 18.4 Å². The van der Waals surface area contributed by atoms with Crippen LogP contribution in [0.5, 0.6) is 0 Å². The first-order valence-electron chi connectivity index (χ1n) is 10.9. The van der Waals surface area contributed by atoms with Gasteiger partial charge in [0.2, 0.25) is 17.7 Å². The van der Waals surface area contributed by atoms with Crippen LogP contribution in [0.25, 0.3) is 0 Å². The number of unbranched alkanes of at least 4 members (excludes halogenated alkanes) is 2. The Hall–Kier alpha value is -3.76. The lowest BCUT2D eigenvalue weighted by Crippen LogP contribution is -2.54. The zero-order chi connectivity index (χ0) is 24.0. The van der Waals surface area contributed by atoms with Crippen LogP contribution in [0, 0.1) is 0 Å². The Morgan fingerprint density at radius 3 is 2.52 bits per heavy atom. The summed E-state index contributed by atoms with van der Waals surface area (Å²) >= 11 is 0. The maximum atomic E-state index is 13.0. The van der Waals surface area contributed by atoms with Crippen LogP contribution in [0.3, 0.4) is 0 Å². The summed E-state index contributed by atoms with van der Waals surface area (Å²) in [5.41, 5.74) is 0.944. The van der Waals surface area contributed by atoms with E-state index in [4.69, 9.17) is 5.11 Å². The summed E-state index contributed by atoms with van der Waals surface area (Å²) in [6.07, 6.45) is 2.18. The summed E-state index contributed by atoms with van der Waals surface area (Å²) < 4.78 is 0. The lowest BCUT2D eigenvalue weighted by molar-refractivity contribution is -0.139. The Balaban J connectivity index is 1.49. The predicted octanol–water partition coefficient (Wildman–Crippen LogP) is 0.651. The van der Waals surface area contributed by atoms with E-state index in [0.717, 1.165) is 17.7 Å². The topological polar surface area (TPSA) is 162 Å². The van der Waals surface area contributed by atoms with Gasteiger partial charge in [-0.25, -0.2) is 0 Å². The highest BCUT2D eigenvalue weighted by molar-refractivity contribution is 6.25. The smallest absolute Gasteiger partial charge is 0.303 e. The van der Waals surface area contributed by atoms with E-state index < -0.39 is 35.6 Å². The number of nitrogens with zero attached hydrogens (tertiary/aromatic N) is 1. The Kier molecular flexibility index (Phi) is 7.75. The van der Waals surface area contributed by atoms with Gasteiger partial charge in [0, 0.05) is 31.6 Å². The highest BCUT2D eigenvalue weighted by Gasteiger charge is 2.45. The van der Waals surface area contributed by atoms with E-state index in [1.54, 1.807) is 18.2 Å². The SMILES string of the molecule is O=C(O)CCC(=O)NCCCCCNc1cccc2c1C(=O)N(C1CCC(=O)NC1=O)C2=O. The van der Waals surface area contributed by atoms with Crippen molar-refractivity contribution in [2.24, 2.45) is 0 Å². The molecule has 2 aliphatic heterocycles. The third-order valence-corrected chi connectivity index (χ3v) is 5.53. The summed E-state index contributed by atoms with van der Waals surface area (Å²) in [6, 6.07) is 3.89. The van der Waals surface area contributed by atoms with Crippen LogP contribution in [0.4, 0.5) is 5.69 Å². The molecule has 2 heterocycles. The second kappa shape index (κ2) is 10.7. The van der Waals surface area contributed by atoms with Gasteiger partial charge in [0.05, 0.1) is 17.5 Å². The lowest BCUT2D eigenvalue weighted by atomic mass is 10.0. The number of carboxylic acid groups (broad SMARTS) is 1. The van der Waals surface area contributed by atoms with Crippen molar-refractivity contribution in [1.82, 2.24) is 15.5 Å². The number of hydrogen-bond donors (Lipinski definition) is 4. The fraction of sp³-hybridized carbons (Fsp3) is 0.455. The lowest BCUT2D eigenvalue weighted by Gasteiger charge is -2.27. The molecule has 0 aliphatic carbocycles. The van der Waals surface area contributed by atoms with Gasteiger partial charge in [0.25, 0.3) is 11.8 Å². The molecule has 33 heavy (non-hydrogen) atoms. The number of piperidine rings is 1. The minimum atomic E-state index is -1.01. The molecule has 1 atom stereocenters. The largest absolute Gasteiger partial charge is 0.481 e. The number of aliphatic carboxylic acids is 1. The van der Waals surface area contributed by atoms with Crippen molar-refractivity contribution in [3.8, 4) is 0 Å². The molecule has 0 spiro atoms.